The van der Waals surface area contributed by atoms with Crippen molar-refractivity contribution in [3.8, 4) is 11.4 Å². The fourth-order valence-electron chi connectivity index (χ4n) is 3.89. The Labute approximate surface area is 204 Å². The lowest BCUT2D eigenvalue weighted by atomic mass is 9.98. The standard InChI is InChI=1S/C25H20F2N6OS/c1-32-24(18-10-12-28-13-11-18)29-30-25(32)35-15-23(34)33-22(17-4-8-20(27)9-5-17)14-21(31-33)16-2-6-19(26)7-3-16/h2-13,22H,14-15H2,1H3/t22-/m0/s1. The van der Waals surface area contributed by atoms with Gasteiger partial charge in [-0.25, -0.2) is 13.8 Å². The van der Waals surface area contributed by atoms with Gasteiger partial charge in [0.1, 0.15) is 11.6 Å². The van der Waals surface area contributed by atoms with Gasteiger partial charge in [-0.15, -0.1) is 10.2 Å². The number of nitrogens with zero attached hydrogens (tertiary/aromatic N) is 6. The molecule has 35 heavy (non-hydrogen) atoms. The monoisotopic (exact) mass is 490 g/mol. The van der Waals surface area contributed by atoms with Crippen molar-refractivity contribution in [2.45, 2.75) is 17.6 Å². The Hall–Kier alpha value is -3.92. The van der Waals surface area contributed by atoms with Gasteiger partial charge in [0.15, 0.2) is 11.0 Å². The van der Waals surface area contributed by atoms with Crippen molar-refractivity contribution in [2.24, 2.45) is 12.1 Å². The molecule has 0 bridgehead atoms. The van der Waals surface area contributed by atoms with Gasteiger partial charge >= 0.3 is 0 Å². The Morgan fingerprint density at radius 1 is 0.943 bits per heavy atom. The average molecular weight is 491 g/mol. The SMILES string of the molecule is Cn1c(SCC(=O)N2N=C(c3ccc(F)cc3)C[C@H]2c2ccc(F)cc2)nnc1-c1ccncc1. The van der Waals surface area contributed by atoms with Crippen LogP contribution < -0.4 is 0 Å². The van der Waals surface area contributed by atoms with Crippen LogP contribution in [-0.2, 0) is 11.8 Å². The zero-order chi connectivity index (χ0) is 24.4. The van der Waals surface area contributed by atoms with Crippen LogP contribution in [0.1, 0.15) is 23.6 Å². The van der Waals surface area contributed by atoms with E-state index in [2.05, 4.69) is 20.3 Å². The van der Waals surface area contributed by atoms with E-state index < -0.39 is 6.04 Å². The summed E-state index contributed by atoms with van der Waals surface area (Å²) in [6, 6.07) is 15.3. The molecule has 0 saturated heterocycles. The molecule has 1 amide bonds. The van der Waals surface area contributed by atoms with Crippen LogP contribution in [0.5, 0.6) is 0 Å². The predicted octanol–water partition coefficient (Wildman–Crippen LogP) is 4.63. The third kappa shape index (κ3) is 4.83. The van der Waals surface area contributed by atoms with Gasteiger partial charge < -0.3 is 4.57 Å². The molecule has 0 aliphatic carbocycles. The molecule has 1 aliphatic heterocycles. The molecule has 3 heterocycles. The van der Waals surface area contributed by atoms with Crippen molar-refractivity contribution in [3.05, 3.63) is 95.8 Å². The second-order valence-corrected chi connectivity index (χ2v) is 8.90. The first-order valence-corrected chi connectivity index (χ1v) is 11.8. The summed E-state index contributed by atoms with van der Waals surface area (Å²) in [6.07, 6.45) is 3.80. The number of benzene rings is 2. The van der Waals surface area contributed by atoms with Gasteiger partial charge in [-0.3, -0.25) is 9.78 Å². The molecule has 176 valence electrons. The fourth-order valence-corrected chi connectivity index (χ4v) is 4.65. The lowest BCUT2D eigenvalue weighted by Crippen LogP contribution is -2.28. The molecular formula is C25H20F2N6OS. The molecule has 2 aromatic carbocycles. The van der Waals surface area contributed by atoms with Gasteiger partial charge in [0.05, 0.1) is 17.5 Å². The number of thioether (sulfide) groups is 1. The summed E-state index contributed by atoms with van der Waals surface area (Å²) in [5, 5.41) is 15.1. The van der Waals surface area contributed by atoms with Crippen molar-refractivity contribution in [1.29, 1.82) is 0 Å². The van der Waals surface area contributed by atoms with Crippen molar-refractivity contribution in [3.63, 3.8) is 0 Å². The number of hydrazone groups is 1. The molecule has 0 radical (unpaired) electrons. The summed E-state index contributed by atoms with van der Waals surface area (Å²) < 4.78 is 28.7. The molecule has 10 heteroatoms. The number of aromatic nitrogens is 4. The Morgan fingerprint density at radius 2 is 1.60 bits per heavy atom. The topological polar surface area (TPSA) is 76.3 Å². The maximum atomic E-state index is 13.5. The van der Waals surface area contributed by atoms with Crippen LogP contribution in [0.15, 0.2) is 83.3 Å². The summed E-state index contributed by atoms with van der Waals surface area (Å²) >= 11 is 1.26. The Bertz CT molecular complexity index is 1370. The molecule has 4 aromatic rings. The average Bonchev–Trinajstić information content (AvgIpc) is 3.48. The minimum Gasteiger partial charge on any atom is -0.305 e. The first-order chi connectivity index (χ1) is 17.0. The molecule has 0 N–H and O–H groups in total. The van der Waals surface area contributed by atoms with Crippen LogP contribution in [0.2, 0.25) is 0 Å². The summed E-state index contributed by atoms with van der Waals surface area (Å²) in [5.74, 6) is -0.173. The Morgan fingerprint density at radius 3 is 2.29 bits per heavy atom. The van der Waals surface area contributed by atoms with E-state index in [9.17, 15) is 13.6 Å². The maximum Gasteiger partial charge on any atom is 0.253 e. The predicted molar refractivity (Wildman–Crippen MR) is 128 cm³/mol. The molecule has 2 aromatic heterocycles. The summed E-state index contributed by atoms with van der Waals surface area (Å²) in [4.78, 5) is 17.3. The minimum atomic E-state index is -0.393. The Balaban J connectivity index is 1.37. The zero-order valence-corrected chi connectivity index (χ0v) is 19.5. The molecule has 1 aliphatic rings. The second-order valence-electron chi connectivity index (χ2n) is 7.95. The van der Waals surface area contributed by atoms with Gasteiger partial charge in [-0.1, -0.05) is 36.0 Å². The normalized spacial score (nSPS) is 15.3. The highest BCUT2D eigenvalue weighted by Crippen LogP contribution is 2.34. The third-order valence-electron chi connectivity index (χ3n) is 5.70. The van der Waals surface area contributed by atoms with Crippen LogP contribution >= 0.6 is 11.8 Å². The molecule has 5 rings (SSSR count). The van der Waals surface area contributed by atoms with E-state index in [4.69, 9.17) is 0 Å². The molecule has 0 spiro atoms. The highest BCUT2D eigenvalue weighted by Gasteiger charge is 2.33. The van der Waals surface area contributed by atoms with Crippen LogP contribution in [0, 0.1) is 11.6 Å². The van der Waals surface area contributed by atoms with E-state index in [-0.39, 0.29) is 23.3 Å². The minimum absolute atomic E-state index is 0.0835. The second kappa shape index (κ2) is 9.75. The van der Waals surface area contributed by atoms with Gasteiger partial charge in [0.2, 0.25) is 0 Å². The number of carbonyl (C=O) groups is 1. The lowest BCUT2D eigenvalue weighted by Gasteiger charge is -2.22. The van der Waals surface area contributed by atoms with Gasteiger partial charge in [-0.05, 0) is 47.5 Å². The highest BCUT2D eigenvalue weighted by molar-refractivity contribution is 7.99. The first-order valence-electron chi connectivity index (χ1n) is 10.8. The van der Waals surface area contributed by atoms with Gasteiger partial charge in [0, 0.05) is 31.4 Å². The summed E-state index contributed by atoms with van der Waals surface area (Å²) in [5.41, 5.74) is 3.04. The number of pyridine rings is 1. The molecule has 0 unspecified atom stereocenters. The number of rotatable bonds is 6. The number of hydrogen-bond donors (Lipinski definition) is 0. The molecule has 1 atom stereocenters. The fraction of sp³-hybridized carbons (Fsp3) is 0.160. The maximum absolute atomic E-state index is 13.5. The zero-order valence-electron chi connectivity index (χ0n) is 18.7. The third-order valence-corrected chi connectivity index (χ3v) is 6.70. The number of hydrogen-bond acceptors (Lipinski definition) is 6. The summed E-state index contributed by atoms with van der Waals surface area (Å²) in [7, 11) is 1.84. The van der Waals surface area contributed by atoms with E-state index in [1.165, 1.54) is 41.0 Å². The molecule has 0 fully saturated rings. The number of carbonyl (C=O) groups excluding carboxylic acids is 1. The van der Waals surface area contributed by atoms with Gasteiger partial charge in [-0.2, -0.15) is 5.10 Å². The first kappa shape index (κ1) is 22.9. The Kier molecular flexibility index (Phi) is 6.37. The van der Waals surface area contributed by atoms with Crippen LogP contribution in [0.3, 0.4) is 0 Å². The quantitative estimate of drug-likeness (QED) is 0.369. The van der Waals surface area contributed by atoms with Crippen molar-refractivity contribution in [2.75, 3.05) is 5.75 Å². The van der Waals surface area contributed by atoms with Crippen molar-refractivity contribution < 1.29 is 13.6 Å². The van der Waals surface area contributed by atoms with Crippen molar-refractivity contribution >= 4 is 23.4 Å². The smallest absolute Gasteiger partial charge is 0.253 e. The van der Waals surface area contributed by atoms with E-state index in [1.54, 1.807) is 36.7 Å². The number of halogens is 2. The molecule has 0 saturated carbocycles. The summed E-state index contributed by atoms with van der Waals surface area (Å²) in [6.45, 7) is 0. The van der Waals surface area contributed by atoms with E-state index in [0.29, 0.717) is 23.1 Å². The van der Waals surface area contributed by atoms with Crippen LogP contribution in [-0.4, -0.2) is 42.1 Å². The van der Waals surface area contributed by atoms with Crippen LogP contribution in [0.4, 0.5) is 8.78 Å². The largest absolute Gasteiger partial charge is 0.305 e. The van der Waals surface area contributed by atoms with E-state index in [1.807, 2.05) is 23.7 Å². The van der Waals surface area contributed by atoms with E-state index in [0.717, 1.165) is 16.7 Å². The lowest BCUT2D eigenvalue weighted by molar-refractivity contribution is -0.130. The van der Waals surface area contributed by atoms with Crippen LogP contribution in [0.25, 0.3) is 11.4 Å². The van der Waals surface area contributed by atoms with Gasteiger partial charge in [0.25, 0.3) is 5.91 Å². The molecule has 7 nitrogen and oxygen atoms in total. The number of amides is 1. The molecular weight excluding hydrogens is 470 g/mol. The van der Waals surface area contributed by atoms with E-state index >= 15 is 0 Å². The van der Waals surface area contributed by atoms with Crippen molar-refractivity contribution in [1.82, 2.24) is 24.8 Å². The highest BCUT2D eigenvalue weighted by atomic mass is 32.2.